The Morgan fingerprint density at radius 1 is 0.880 bits per heavy atom. The summed E-state index contributed by atoms with van der Waals surface area (Å²) in [6.45, 7) is 3.30. The van der Waals surface area contributed by atoms with E-state index in [2.05, 4.69) is 28.9 Å². The van der Waals surface area contributed by atoms with Gasteiger partial charge in [0.05, 0.1) is 25.3 Å². The van der Waals surface area contributed by atoms with Gasteiger partial charge in [0, 0.05) is 17.7 Å². The summed E-state index contributed by atoms with van der Waals surface area (Å²) >= 11 is 0. The van der Waals surface area contributed by atoms with Crippen LogP contribution in [-0.2, 0) is 0 Å². The van der Waals surface area contributed by atoms with Gasteiger partial charge in [-0.1, -0.05) is 47.1 Å². The zero-order valence-corrected chi connectivity index (χ0v) is 14.7. The van der Waals surface area contributed by atoms with Crippen molar-refractivity contribution in [3.05, 3.63) is 64.1 Å². The molecule has 0 aliphatic carbocycles. The first-order valence-corrected chi connectivity index (χ1v) is 7.70. The number of rotatable bonds is 3. The molecule has 2 aromatic rings. The Morgan fingerprint density at radius 2 is 1.44 bits per heavy atom. The van der Waals surface area contributed by atoms with E-state index in [9.17, 15) is 4.91 Å². The highest BCUT2D eigenvalue weighted by atomic mass is 16.5. The van der Waals surface area contributed by atoms with E-state index in [1.807, 2.05) is 30.3 Å². The average Bonchev–Trinajstić information content (AvgIpc) is 2.65. The minimum atomic E-state index is -0.968. The van der Waals surface area contributed by atoms with Gasteiger partial charge < -0.3 is 9.47 Å². The molecule has 0 unspecified atom stereocenters. The highest BCUT2D eigenvalue weighted by Crippen LogP contribution is 2.28. The van der Waals surface area contributed by atoms with Gasteiger partial charge in [0.1, 0.15) is 11.5 Å². The minimum absolute atomic E-state index is 0.562. The lowest BCUT2D eigenvalue weighted by atomic mass is 10.0. The predicted molar refractivity (Wildman–Crippen MR) is 98.7 cm³/mol. The predicted octanol–water partition coefficient (Wildman–Crippen LogP) is 4.00. The van der Waals surface area contributed by atoms with Crippen molar-refractivity contribution in [2.45, 2.75) is 19.4 Å². The van der Waals surface area contributed by atoms with Gasteiger partial charge in [-0.2, -0.15) is 0 Å². The molecule has 0 N–H and O–H groups in total. The van der Waals surface area contributed by atoms with Crippen LogP contribution in [0.3, 0.4) is 0 Å². The number of hydrogen-bond acceptors (Lipinski definition) is 4. The van der Waals surface area contributed by atoms with Crippen molar-refractivity contribution in [1.82, 2.24) is 0 Å². The fourth-order valence-electron chi connectivity index (χ4n) is 2.00. The quantitative estimate of drug-likeness (QED) is 0.630. The molecule has 0 aliphatic heterocycles. The third-order valence-electron chi connectivity index (χ3n) is 3.37. The highest BCUT2D eigenvalue weighted by molar-refractivity contribution is 5.59. The van der Waals surface area contributed by atoms with Crippen LogP contribution in [0.1, 0.15) is 30.5 Å². The number of nitrogens with zero attached hydrogens (tertiary/aromatic N) is 1. The number of benzene rings is 2. The van der Waals surface area contributed by atoms with E-state index in [-0.39, 0.29) is 0 Å². The molecule has 0 spiro atoms. The molecule has 0 bridgehead atoms. The Kier molecular flexibility index (Phi) is 5.82. The third kappa shape index (κ3) is 4.86. The monoisotopic (exact) mass is 333 g/mol. The summed E-state index contributed by atoms with van der Waals surface area (Å²) in [5.74, 6) is 13.1. The first kappa shape index (κ1) is 18.1. The third-order valence-corrected chi connectivity index (χ3v) is 3.37. The smallest absolute Gasteiger partial charge is 0.157 e. The fourth-order valence-corrected chi connectivity index (χ4v) is 2.00. The summed E-state index contributed by atoms with van der Waals surface area (Å²) in [4.78, 5) is 10.8. The van der Waals surface area contributed by atoms with Crippen LogP contribution in [0.2, 0.25) is 0 Å². The molecular formula is C21H19NO3. The van der Waals surface area contributed by atoms with Crippen molar-refractivity contribution in [3.8, 4) is 35.2 Å². The van der Waals surface area contributed by atoms with Crippen LogP contribution >= 0.6 is 0 Å². The summed E-state index contributed by atoms with van der Waals surface area (Å²) in [5.41, 5.74) is 1.25. The van der Waals surface area contributed by atoms with Crippen molar-refractivity contribution >= 4 is 0 Å². The SMILES string of the molecule is COc1cc(C#CC(C)(C)N=O)c(OC)cc1C#Cc1ccccc1. The van der Waals surface area contributed by atoms with Crippen LogP contribution in [0.15, 0.2) is 47.6 Å². The van der Waals surface area contributed by atoms with Gasteiger partial charge in [-0.05, 0) is 26.0 Å². The topological polar surface area (TPSA) is 47.9 Å². The van der Waals surface area contributed by atoms with Gasteiger partial charge in [-0.15, -0.1) is 4.91 Å². The molecule has 2 aromatic carbocycles. The van der Waals surface area contributed by atoms with E-state index in [0.29, 0.717) is 22.6 Å². The Hall–Kier alpha value is -3.24. The Bertz CT molecular complexity index is 878. The van der Waals surface area contributed by atoms with Gasteiger partial charge in [0.15, 0.2) is 5.54 Å². The van der Waals surface area contributed by atoms with E-state index in [1.165, 1.54) is 0 Å². The second-order valence-electron chi connectivity index (χ2n) is 5.77. The lowest BCUT2D eigenvalue weighted by molar-refractivity contribution is 0.401. The van der Waals surface area contributed by atoms with Gasteiger partial charge in [0.25, 0.3) is 0 Å². The lowest BCUT2D eigenvalue weighted by Gasteiger charge is -2.10. The Morgan fingerprint density at radius 3 is 1.96 bits per heavy atom. The van der Waals surface area contributed by atoms with Crippen molar-refractivity contribution in [1.29, 1.82) is 0 Å². The number of nitroso groups, excluding NO2 is 1. The maximum absolute atomic E-state index is 10.8. The van der Waals surface area contributed by atoms with Crippen LogP contribution in [0.5, 0.6) is 11.5 Å². The molecule has 2 rings (SSSR count). The molecule has 0 atom stereocenters. The molecule has 126 valence electrons. The zero-order valence-electron chi connectivity index (χ0n) is 14.7. The molecule has 0 amide bonds. The second-order valence-corrected chi connectivity index (χ2v) is 5.77. The molecule has 0 saturated carbocycles. The number of hydrogen-bond donors (Lipinski definition) is 0. The van der Waals surface area contributed by atoms with Crippen LogP contribution in [0.25, 0.3) is 0 Å². The number of methoxy groups -OCH3 is 2. The van der Waals surface area contributed by atoms with Crippen molar-refractivity contribution in [2.75, 3.05) is 14.2 Å². The fraction of sp³-hybridized carbons (Fsp3) is 0.238. The van der Waals surface area contributed by atoms with Gasteiger partial charge in [-0.3, -0.25) is 0 Å². The van der Waals surface area contributed by atoms with Gasteiger partial charge in [-0.25, -0.2) is 0 Å². The summed E-state index contributed by atoms with van der Waals surface area (Å²) in [7, 11) is 3.13. The van der Waals surface area contributed by atoms with Gasteiger partial charge in [0.2, 0.25) is 0 Å². The molecule has 0 aromatic heterocycles. The maximum Gasteiger partial charge on any atom is 0.157 e. The van der Waals surface area contributed by atoms with Crippen LogP contribution in [-0.4, -0.2) is 19.8 Å². The van der Waals surface area contributed by atoms with E-state index in [1.54, 1.807) is 40.2 Å². The summed E-state index contributed by atoms with van der Waals surface area (Å²) in [6, 6.07) is 13.2. The van der Waals surface area contributed by atoms with E-state index < -0.39 is 5.54 Å². The molecule has 25 heavy (non-hydrogen) atoms. The molecule has 0 saturated heterocycles. The van der Waals surface area contributed by atoms with E-state index in [4.69, 9.17) is 9.47 Å². The first-order valence-electron chi connectivity index (χ1n) is 7.70. The molecule has 0 fully saturated rings. The Balaban J connectivity index is 2.47. The molecule has 0 aliphatic rings. The molecule has 0 heterocycles. The standard InChI is InChI=1S/C21H19NO3/c1-21(2,22-23)13-12-18-15-19(24-3)17(14-20(18)25-4)11-10-16-8-6-5-7-9-16/h5-9,14-15H,1-4H3. The van der Waals surface area contributed by atoms with E-state index >= 15 is 0 Å². The molecular weight excluding hydrogens is 314 g/mol. The van der Waals surface area contributed by atoms with Crippen LogP contribution in [0.4, 0.5) is 0 Å². The summed E-state index contributed by atoms with van der Waals surface area (Å²) in [5, 5.41) is 3.00. The largest absolute Gasteiger partial charge is 0.495 e. The van der Waals surface area contributed by atoms with Gasteiger partial charge >= 0.3 is 0 Å². The average molecular weight is 333 g/mol. The normalized spacial score (nSPS) is 9.92. The first-order chi connectivity index (χ1) is 12.0. The summed E-state index contributed by atoms with van der Waals surface area (Å²) in [6.07, 6.45) is 0. The van der Waals surface area contributed by atoms with Crippen molar-refractivity contribution in [2.24, 2.45) is 5.18 Å². The minimum Gasteiger partial charge on any atom is -0.495 e. The van der Waals surface area contributed by atoms with Crippen molar-refractivity contribution < 1.29 is 9.47 Å². The molecule has 4 nitrogen and oxygen atoms in total. The van der Waals surface area contributed by atoms with Crippen LogP contribution < -0.4 is 9.47 Å². The maximum atomic E-state index is 10.8. The Labute approximate surface area is 148 Å². The van der Waals surface area contributed by atoms with Crippen LogP contribution in [0, 0.1) is 28.6 Å². The molecule has 0 radical (unpaired) electrons. The lowest BCUT2D eigenvalue weighted by Crippen LogP contribution is -2.11. The number of ether oxygens (including phenoxy) is 2. The van der Waals surface area contributed by atoms with E-state index in [0.717, 1.165) is 5.56 Å². The summed E-state index contributed by atoms with van der Waals surface area (Å²) < 4.78 is 10.8. The molecule has 4 heteroatoms. The second kappa shape index (κ2) is 8.04. The highest BCUT2D eigenvalue weighted by Gasteiger charge is 2.14. The zero-order chi connectivity index (χ0) is 18.3. The van der Waals surface area contributed by atoms with Crippen molar-refractivity contribution in [3.63, 3.8) is 0 Å².